The molecule has 6 aromatic rings. The van der Waals surface area contributed by atoms with Gasteiger partial charge in [-0.25, -0.2) is 45.4 Å². The molecule has 2 aromatic heterocycles. The Hall–Kier alpha value is -8.78. The number of nitrogen functional groups attached to an aromatic ring is 4. The Bertz CT molecular complexity index is 3920. The summed E-state index contributed by atoms with van der Waals surface area (Å²) in [7, 11) is 3.45. The van der Waals surface area contributed by atoms with Gasteiger partial charge in [0.15, 0.2) is 11.4 Å². The van der Waals surface area contributed by atoms with E-state index in [0.29, 0.717) is 115 Å². The van der Waals surface area contributed by atoms with Crippen LogP contribution < -0.4 is 47.3 Å². The fraction of sp³-hybridized carbons (Fsp3) is 0.344. The van der Waals surface area contributed by atoms with Crippen molar-refractivity contribution >= 4 is 103 Å². The number of carbonyl (C=O) groups is 5. The molecule has 0 amide bonds. The number of carbonyl (C=O) groups excluding carboxylic acids is 4. The fourth-order valence-corrected chi connectivity index (χ4v) is 9.30. The standard InChI is InChI=1S/C14H20BNO4.C13H12N2O3.C12H10N2O3.C8H8BrNO2.2C6H7NO.C5H5NO2.Li.H2O/c1-13(2)14(3,4)20-15(19-13)10-8-9(12(17)18-5)6-7-11(10)16;1-17-13(16)7-2-3-11-8(4-7)9-5-18-6-10(9)12(14)15-11;13-11-9-5-17-4-8(9)7-3-6(12(15)16)1-2-10(7)14-11;1-12-8(11)5-2-3-7(10)6(9)4-5;2*1-5-3-8-4-6(5)7-2;1-6-4-2-8-3-5(4)7;;/h6-8H,16H2,1-5H3;2-4H,5-6H2,1H3,(H2,14,15);1-3H,4-5H2,(H2,13,14)(H,15,16);2-4H,10H2,1H3;2*3-4H2,1H3;4H,2-3H2;;1H2/q;;;;;;;+1;/p-1. The SMILES string of the molecule is COC(=O)c1ccc(N)c(B2OC(C)(C)C(C)(C)O2)c1.COC(=O)c1ccc(N)c(Br)c1.COC(=O)c1ccc2nc(N)c3c(c2c1)COC3.Nc1nc2ccc(C(=O)O)cc2c2c1COC2.[C-]#[N+]C1=C(C)COC1.[C-]#[N+]C1=C(C)COC1.[C-]#[N+]C1COCC1=O.[Li+].[OH-]. The van der Waals surface area contributed by atoms with Crippen LogP contribution in [0.25, 0.3) is 36.3 Å². The number of rotatable bonds is 5. The number of esters is 3. The zero-order chi connectivity index (χ0) is 66.9. The number of aromatic nitrogens is 2. The molecule has 0 spiro atoms. The monoisotopic (exact) mass is 1330 g/mol. The van der Waals surface area contributed by atoms with E-state index in [1.54, 1.807) is 66.7 Å². The summed E-state index contributed by atoms with van der Waals surface area (Å²) in [6.07, 6.45) is 0. The van der Waals surface area contributed by atoms with Crippen LogP contribution in [-0.4, -0.2) is 136 Å². The molecule has 1 atom stereocenters. The van der Waals surface area contributed by atoms with Gasteiger partial charge in [0.2, 0.25) is 5.78 Å². The molecule has 26 nitrogen and oxygen atoms in total. The predicted octanol–water partition coefficient (Wildman–Crippen LogP) is 5.47. The van der Waals surface area contributed by atoms with Crippen molar-refractivity contribution in [3.8, 4) is 0 Å². The molecule has 4 aromatic carbocycles. The van der Waals surface area contributed by atoms with Crippen molar-refractivity contribution in [3.63, 3.8) is 0 Å². The minimum absolute atomic E-state index is 0. The van der Waals surface area contributed by atoms with Crippen LogP contribution in [0.4, 0.5) is 23.0 Å². The minimum atomic E-state index is -0.948. The molecule has 10 N–H and O–H groups in total. The zero-order valence-electron chi connectivity index (χ0n) is 53.1. The first-order valence-corrected chi connectivity index (χ1v) is 28.6. The van der Waals surface area contributed by atoms with Crippen molar-refractivity contribution in [2.45, 2.75) is 85.2 Å². The number of halogens is 1. The van der Waals surface area contributed by atoms with Gasteiger partial charge >= 0.3 is 55.9 Å². The van der Waals surface area contributed by atoms with Crippen LogP contribution in [0.5, 0.6) is 0 Å². The fourth-order valence-electron chi connectivity index (χ4n) is 8.92. The Balaban J connectivity index is 0.000000237. The van der Waals surface area contributed by atoms with E-state index in [2.05, 4.69) is 45.2 Å². The van der Waals surface area contributed by atoms with E-state index in [-0.39, 0.29) is 54.2 Å². The van der Waals surface area contributed by atoms with Crippen molar-refractivity contribution in [2.75, 3.05) is 83.9 Å². The number of methoxy groups -OCH3 is 3. The van der Waals surface area contributed by atoms with Gasteiger partial charge in [-0.1, -0.05) is 13.8 Å². The second-order valence-corrected chi connectivity index (χ2v) is 22.4. The van der Waals surface area contributed by atoms with Crippen molar-refractivity contribution in [1.29, 1.82) is 0 Å². The third-order valence-electron chi connectivity index (χ3n) is 15.0. The molecule has 6 aliphatic heterocycles. The number of benzene rings is 4. The smallest absolute Gasteiger partial charge is 0.870 e. The van der Waals surface area contributed by atoms with Crippen molar-refractivity contribution in [1.82, 2.24) is 9.97 Å². The third-order valence-corrected chi connectivity index (χ3v) is 15.7. The molecule has 93 heavy (non-hydrogen) atoms. The Kier molecular flexibility index (Phi) is 28.7. The minimum Gasteiger partial charge on any atom is -0.870 e. The zero-order valence-corrected chi connectivity index (χ0v) is 54.7. The number of carboxylic acids is 1. The number of hydrogen-bond donors (Lipinski definition) is 5. The van der Waals surface area contributed by atoms with Gasteiger partial charge in [-0.2, -0.15) is 0 Å². The van der Waals surface area contributed by atoms with Gasteiger partial charge in [0, 0.05) is 43.2 Å². The number of nitrogens with zero attached hydrogens (tertiary/aromatic N) is 5. The molecule has 2 saturated heterocycles. The average molecular weight is 1330 g/mol. The van der Waals surface area contributed by atoms with Gasteiger partial charge in [-0.15, -0.1) is 0 Å². The Morgan fingerprint density at radius 3 is 1.34 bits per heavy atom. The molecule has 0 aliphatic carbocycles. The number of aromatic carboxylic acids is 1. The van der Waals surface area contributed by atoms with Gasteiger partial charge in [0.05, 0.1) is 132 Å². The van der Waals surface area contributed by atoms with E-state index < -0.39 is 36.3 Å². The number of anilines is 4. The number of hydrogen-bond acceptors (Lipinski definition) is 22. The van der Waals surface area contributed by atoms with E-state index in [1.165, 1.54) is 27.4 Å². The summed E-state index contributed by atoms with van der Waals surface area (Å²) >= 11 is 3.21. The van der Waals surface area contributed by atoms with E-state index in [0.717, 1.165) is 61.1 Å². The van der Waals surface area contributed by atoms with E-state index in [4.69, 9.17) is 90.2 Å². The van der Waals surface area contributed by atoms with Crippen molar-refractivity contribution in [2.24, 2.45) is 0 Å². The largest absolute Gasteiger partial charge is 1.00 e. The number of ether oxygens (including phenoxy) is 8. The van der Waals surface area contributed by atoms with Gasteiger partial charge < -0.3 is 85.6 Å². The Labute approximate surface area is 558 Å². The molecule has 12 rings (SSSR count). The van der Waals surface area contributed by atoms with Crippen LogP contribution in [0.15, 0.2) is 99.8 Å². The number of ketones is 1. The summed E-state index contributed by atoms with van der Waals surface area (Å²) in [4.78, 5) is 73.7. The molecule has 29 heteroatoms. The van der Waals surface area contributed by atoms with E-state index >= 15 is 0 Å². The molecular formula is C64H70BBrLiN9O17. The summed E-state index contributed by atoms with van der Waals surface area (Å²) in [5.41, 5.74) is 34.7. The van der Waals surface area contributed by atoms with Gasteiger partial charge in [0.25, 0.3) is 0 Å². The maximum atomic E-state index is 11.6. The molecule has 2 fully saturated rings. The summed E-state index contributed by atoms with van der Waals surface area (Å²) in [5, 5.41) is 10.7. The van der Waals surface area contributed by atoms with E-state index in [9.17, 15) is 24.0 Å². The van der Waals surface area contributed by atoms with Gasteiger partial charge in [0.1, 0.15) is 24.8 Å². The maximum absolute atomic E-state index is 11.6. The van der Waals surface area contributed by atoms with Crippen LogP contribution in [0.1, 0.15) is 105 Å². The summed E-state index contributed by atoms with van der Waals surface area (Å²) in [6, 6.07) is 19.4. The van der Waals surface area contributed by atoms with Crippen LogP contribution >= 0.6 is 15.9 Å². The number of carboxylic acid groups (broad SMARTS) is 1. The molecule has 0 saturated carbocycles. The number of nitrogens with two attached hydrogens (primary N) is 4. The first kappa shape index (κ1) is 76.7. The molecule has 484 valence electrons. The molecule has 1 unspecified atom stereocenters. The van der Waals surface area contributed by atoms with Crippen molar-refractivity contribution < 1.29 is 101 Å². The van der Waals surface area contributed by atoms with Crippen molar-refractivity contribution in [3.05, 3.63) is 179 Å². The molecule has 6 aliphatic rings. The van der Waals surface area contributed by atoms with E-state index in [1.807, 2.05) is 41.5 Å². The summed E-state index contributed by atoms with van der Waals surface area (Å²) < 4.78 is 51.9. The van der Waals surface area contributed by atoms with Crippen LogP contribution in [0.3, 0.4) is 0 Å². The van der Waals surface area contributed by atoms with Gasteiger partial charge in [-0.3, -0.25) is 4.79 Å². The molecule has 8 heterocycles. The van der Waals surface area contributed by atoms with Gasteiger partial charge in [-0.05, 0) is 139 Å². The molecule has 0 bridgehead atoms. The summed E-state index contributed by atoms with van der Waals surface area (Å²) in [6.45, 7) is 36.1. The normalized spacial score (nSPS) is 16.4. The molecular weight excluding hydrogens is 1260 g/mol. The third kappa shape index (κ3) is 19.4. The number of fused-ring (bicyclic) bond motifs is 6. The second kappa shape index (κ2) is 34.8. The average Bonchev–Trinajstić information content (AvgIpc) is 1.60. The van der Waals surface area contributed by atoms with Crippen LogP contribution in [0.2, 0.25) is 0 Å². The molecule has 0 radical (unpaired) electrons. The van der Waals surface area contributed by atoms with Crippen LogP contribution in [0, 0.1) is 19.7 Å². The maximum Gasteiger partial charge on any atom is 1.00 e. The summed E-state index contributed by atoms with van der Waals surface area (Å²) in [5.74, 6) is -1.20. The first-order valence-electron chi connectivity index (χ1n) is 27.8. The second-order valence-electron chi connectivity index (χ2n) is 21.6. The Morgan fingerprint density at radius 2 is 0.978 bits per heavy atom. The number of Topliss-reactive ketones (excluding diaryl/α,β-unsaturated/α-hetero) is 1. The van der Waals surface area contributed by atoms with Crippen LogP contribution in [-0.2, 0) is 78.4 Å². The Morgan fingerprint density at radius 1 is 0.581 bits per heavy atom. The predicted molar refractivity (Wildman–Crippen MR) is 344 cm³/mol. The number of pyridine rings is 2. The topological polar surface area (TPSA) is 371 Å². The quantitative estimate of drug-likeness (QED) is 0.0469. The first-order chi connectivity index (χ1) is 43.2.